The van der Waals surface area contributed by atoms with Crippen molar-refractivity contribution < 1.29 is 9.53 Å². The van der Waals surface area contributed by atoms with Gasteiger partial charge < -0.3 is 10.1 Å². The molecule has 0 aliphatic heterocycles. The van der Waals surface area contributed by atoms with Gasteiger partial charge >= 0.3 is 5.97 Å². The number of hydrogen-bond acceptors (Lipinski definition) is 7. The molecule has 1 N–H and O–H groups in total. The minimum atomic E-state index is -0.474. The molecule has 0 atom stereocenters. The second kappa shape index (κ2) is 7.74. The Morgan fingerprint density at radius 1 is 1.29 bits per heavy atom. The fraction of sp³-hybridized carbons (Fsp3) is 0.188. The molecule has 0 saturated heterocycles. The lowest BCUT2D eigenvalue weighted by Gasteiger charge is -2.00. The highest BCUT2D eigenvalue weighted by molar-refractivity contribution is 7.18. The lowest BCUT2D eigenvalue weighted by molar-refractivity contribution is 0.0606. The highest BCUT2D eigenvalue weighted by atomic mass is 35.5. The molecule has 0 radical (unpaired) electrons. The molecule has 0 spiro atoms. The summed E-state index contributed by atoms with van der Waals surface area (Å²) < 4.78 is 4.66. The van der Waals surface area contributed by atoms with E-state index in [9.17, 15) is 4.79 Å². The molecule has 0 fully saturated rings. The van der Waals surface area contributed by atoms with Crippen LogP contribution in [0.4, 0.5) is 5.13 Å². The van der Waals surface area contributed by atoms with Gasteiger partial charge in [-0.3, -0.25) is 0 Å². The number of aromatic nitrogens is 2. The molecule has 2 heterocycles. The third-order valence-corrected chi connectivity index (χ3v) is 5.51. The first-order valence-electron chi connectivity index (χ1n) is 7.15. The number of thiazole rings is 2. The molecule has 2 aromatic heterocycles. The predicted molar refractivity (Wildman–Crippen MR) is 98.2 cm³/mol. The van der Waals surface area contributed by atoms with Crippen molar-refractivity contribution in [3.05, 3.63) is 51.4 Å². The maximum atomic E-state index is 11.5. The van der Waals surface area contributed by atoms with Crippen molar-refractivity contribution in [1.29, 1.82) is 0 Å². The summed E-state index contributed by atoms with van der Waals surface area (Å²) >= 11 is 8.74. The Balaban J connectivity index is 1.57. The normalized spacial score (nSPS) is 10.6. The van der Waals surface area contributed by atoms with Gasteiger partial charge in [0.2, 0.25) is 0 Å². The van der Waals surface area contributed by atoms with E-state index in [4.69, 9.17) is 11.6 Å². The van der Waals surface area contributed by atoms with Crippen molar-refractivity contribution in [2.45, 2.75) is 6.42 Å². The highest BCUT2D eigenvalue weighted by Gasteiger charge is 2.17. The lowest BCUT2D eigenvalue weighted by Crippen LogP contribution is -2.04. The first kappa shape index (κ1) is 16.9. The highest BCUT2D eigenvalue weighted by Crippen LogP contribution is 2.28. The molecule has 1 aromatic carbocycles. The molecule has 0 aliphatic rings. The van der Waals surface area contributed by atoms with Crippen molar-refractivity contribution in [3.8, 4) is 10.6 Å². The van der Waals surface area contributed by atoms with Gasteiger partial charge in [-0.05, 0) is 0 Å². The van der Waals surface area contributed by atoms with Crippen LogP contribution in [0, 0.1) is 0 Å². The van der Waals surface area contributed by atoms with E-state index in [1.165, 1.54) is 18.4 Å². The molecule has 124 valence electrons. The van der Waals surface area contributed by atoms with E-state index >= 15 is 0 Å². The molecule has 0 aliphatic carbocycles. The third kappa shape index (κ3) is 3.92. The van der Waals surface area contributed by atoms with E-state index < -0.39 is 5.97 Å². The summed E-state index contributed by atoms with van der Waals surface area (Å²) in [5.74, 6) is -0.474. The van der Waals surface area contributed by atoms with Crippen LogP contribution in [0.15, 0.2) is 35.7 Å². The zero-order valence-corrected chi connectivity index (χ0v) is 15.2. The number of benzene rings is 1. The predicted octanol–water partition coefficient (Wildman–Crippen LogP) is 4.36. The van der Waals surface area contributed by atoms with Crippen LogP contribution in [0.5, 0.6) is 0 Å². The summed E-state index contributed by atoms with van der Waals surface area (Å²) in [6.45, 7) is 0.655. The molecule has 0 amide bonds. The molecule has 0 unspecified atom stereocenters. The Morgan fingerprint density at radius 3 is 2.83 bits per heavy atom. The molecule has 24 heavy (non-hydrogen) atoms. The van der Waals surface area contributed by atoms with Crippen LogP contribution >= 0.6 is 34.3 Å². The standard InChI is InChI=1S/C16H14ClN3O2S2/c1-22-15(21)12-13(17)20-16(24-12)18-8-7-11-9-23-14(19-11)10-5-3-2-4-6-10/h2-6,9H,7-8H2,1H3,(H,18,20). The van der Waals surface area contributed by atoms with Gasteiger partial charge in [0.15, 0.2) is 15.2 Å². The number of halogens is 1. The van der Waals surface area contributed by atoms with E-state index in [2.05, 4.69) is 25.4 Å². The number of nitrogens with zero attached hydrogens (tertiary/aromatic N) is 2. The van der Waals surface area contributed by atoms with E-state index in [1.54, 1.807) is 11.3 Å². The number of carbonyl (C=O) groups is 1. The molecule has 0 bridgehead atoms. The first-order chi connectivity index (χ1) is 11.7. The number of ether oxygens (including phenoxy) is 1. The third-order valence-electron chi connectivity index (χ3n) is 3.19. The monoisotopic (exact) mass is 379 g/mol. The smallest absolute Gasteiger partial charge is 0.351 e. The second-order valence-electron chi connectivity index (χ2n) is 4.82. The largest absolute Gasteiger partial charge is 0.465 e. The zero-order chi connectivity index (χ0) is 16.9. The van der Waals surface area contributed by atoms with E-state index in [-0.39, 0.29) is 5.15 Å². The molecule has 5 nitrogen and oxygen atoms in total. The van der Waals surface area contributed by atoms with Gasteiger partial charge in [0, 0.05) is 23.9 Å². The molecule has 3 aromatic rings. The Labute approximate surface area is 152 Å². The van der Waals surface area contributed by atoms with Crippen LogP contribution in [0.3, 0.4) is 0 Å². The molecule has 3 rings (SSSR count). The van der Waals surface area contributed by atoms with E-state index in [0.717, 1.165) is 22.7 Å². The number of methoxy groups -OCH3 is 1. The van der Waals surface area contributed by atoms with Crippen molar-refractivity contribution >= 4 is 45.4 Å². The fourth-order valence-corrected chi connectivity index (χ4v) is 4.02. The maximum absolute atomic E-state index is 11.5. The summed E-state index contributed by atoms with van der Waals surface area (Å²) in [6.07, 6.45) is 0.758. The summed E-state index contributed by atoms with van der Waals surface area (Å²) in [5.41, 5.74) is 2.14. The Hall–Kier alpha value is -1.96. The van der Waals surface area contributed by atoms with Gasteiger partial charge in [-0.25, -0.2) is 14.8 Å². The number of carbonyl (C=O) groups excluding carboxylic acids is 1. The SMILES string of the molecule is COC(=O)c1sc(NCCc2csc(-c3ccccc3)n2)nc1Cl. The average molecular weight is 380 g/mol. The van der Waals surface area contributed by atoms with Gasteiger partial charge in [-0.1, -0.05) is 53.3 Å². The minimum Gasteiger partial charge on any atom is -0.465 e. The van der Waals surface area contributed by atoms with Crippen LogP contribution in [0.1, 0.15) is 15.4 Å². The summed E-state index contributed by atoms with van der Waals surface area (Å²) in [7, 11) is 1.32. The van der Waals surface area contributed by atoms with Gasteiger partial charge in [0.25, 0.3) is 0 Å². The number of nitrogens with one attached hydrogen (secondary N) is 1. The van der Waals surface area contributed by atoms with Gasteiger partial charge in [0.1, 0.15) is 5.01 Å². The quantitative estimate of drug-likeness (QED) is 0.644. The molecule has 8 heteroatoms. The number of hydrogen-bond donors (Lipinski definition) is 1. The van der Waals surface area contributed by atoms with E-state index in [1.807, 2.05) is 30.3 Å². The van der Waals surface area contributed by atoms with Crippen molar-refractivity contribution in [2.24, 2.45) is 0 Å². The molecular weight excluding hydrogens is 366 g/mol. The number of anilines is 1. The van der Waals surface area contributed by atoms with Crippen LogP contribution in [-0.2, 0) is 11.2 Å². The lowest BCUT2D eigenvalue weighted by atomic mass is 10.2. The second-order valence-corrected chi connectivity index (χ2v) is 7.03. The van der Waals surface area contributed by atoms with Crippen LogP contribution < -0.4 is 5.32 Å². The van der Waals surface area contributed by atoms with Crippen LogP contribution in [-0.4, -0.2) is 29.6 Å². The summed E-state index contributed by atoms with van der Waals surface area (Å²) in [6, 6.07) is 10.1. The summed E-state index contributed by atoms with van der Waals surface area (Å²) in [5, 5.41) is 6.98. The molecular formula is C16H14ClN3O2S2. The van der Waals surface area contributed by atoms with E-state index in [0.29, 0.717) is 16.6 Å². The van der Waals surface area contributed by atoms with Gasteiger partial charge in [-0.2, -0.15) is 0 Å². The maximum Gasteiger partial charge on any atom is 0.351 e. The minimum absolute atomic E-state index is 0.161. The molecule has 0 saturated carbocycles. The topological polar surface area (TPSA) is 64.1 Å². The van der Waals surface area contributed by atoms with Crippen molar-refractivity contribution in [2.75, 3.05) is 19.0 Å². The number of esters is 1. The van der Waals surface area contributed by atoms with Crippen molar-refractivity contribution in [1.82, 2.24) is 9.97 Å². The van der Waals surface area contributed by atoms with Crippen LogP contribution in [0.2, 0.25) is 5.15 Å². The van der Waals surface area contributed by atoms with Crippen molar-refractivity contribution in [3.63, 3.8) is 0 Å². The van der Waals surface area contributed by atoms with Gasteiger partial charge in [-0.15, -0.1) is 11.3 Å². The first-order valence-corrected chi connectivity index (χ1v) is 9.23. The Morgan fingerprint density at radius 2 is 2.08 bits per heavy atom. The zero-order valence-electron chi connectivity index (χ0n) is 12.8. The fourth-order valence-electron chi connectivity index (χ4n) is 2.03. The van der Waals surface area contributed by atoms with Gasteiger partial charge in [0.05, 0.1) is 12.8 Å². The average Bonchev–Trinajstić information content (AvgIpc) is 3.22. The number of rotatable bonds is 6. The Kier molecular flexibility index (Phi) is 5.44. The summed E-state index contributed by atoms with van der Waals surface area (Å²) in [4.78, 5) is 20.6. The van der Waals surface area contributed by atoms with Crippen LogP contribution in [0.25, 0.3) is 10.6 Å². The Bertz CT molecular complexity index is 833.